The number of thiophene rings is 1. The van der Waals surface area contributed by atoms with E-state index in [0.29, 0.717) is 0 Å². The standard InChI is InChI=1S/C55H55BN2S/c1-34-30-48-51-49(31-34)58(39-24-18-35(19-25-39)41-15-13-16-43-42-14-11-12-17-50(42)59-52(41)43)47-33-38(55(8,9)10)22-28-44(47)56(51)45-32-37(54(5,6)7)23-29-46(45)57(48)40-26-20-36(21-27-40)53(2,3)4/h11-12,14-15,17-33H,13,16H2,1-10H3. The maximum Gasteiger partial charge on any atom is 0.252 e. The van der Waals surface area contributed by atoms with E-state index in [4.69, 9.17) is 0 Å². The first-order valence-corrected chi connectivity index (χ1v) is 22.3. The van der Waals surface area contributed by atoms with E-state index >= 15 is 0 Å². The average molecular weight is 787 g/mol. The van der Waals surface area contributed by atoms with E-state index in [0.717, 1.165) is 12.8 Å². The normalized spacial score (nSPS) is 14.8. The molecule has 1 aromatic heterocycles. The topological polar surface area (TPSA) is 6.48 Å². The Hall–Kier alpha value is -5.32. The molecule has 0 amide bonds. The predicted octanol–water partition coefficient (Wildman–Crippen LogP) is 13.6. The summed E-state index contributed by atoms with van der Waals surface area (Å²) in [5.41, 5.74) is 21.1. The third kappa shape index (κ3) is 6.21. The summed E-state index contributed by atoms with van der Waals surface area (Å²) in [6.07, 6.45) is 4.65. The molecule has 0 unspecified atom stereocenters. The molecule has 7 aromatic rings. The molecule has 0 atom stereocenters. The van der Waals surface area contributed by atoms with Crippen LogP contribution in [0.1, 0.15) is 107 Å². The summed E-state index contributed by atoms with van der Waals surface area (Å²) in [5.74, 6) is 0. The smallest absolute Gasteiger partial charge is 0.252 e. The summed E-state index contributed by atoms with van der Waals surface area (Å²) in [6.45, 7) is 23.3. The van der Waals surface area contributed by atoms with Gasteiger partial charge in [-0.25, -0.2) is 0 Å². The lowest BCUT2D eigenvalue weighted by molar-refractivity contribution is 0.590. The molecule has 0 N–H and O–H groups in total. The minimum Gasteiger partial charge on any atom is -0.311 e. The SMILES string of the molecule is Cc1cc2c3c(c1)N(c1ccc(C4=CCCc5c4sc4ccccc54)cc1)c1cc(C(C)(C)C)ccc1B3c1cc(C(C)(C)C)ccc1N2c1ccc(C(C)(C)C)cc1. The van der Waals surface area contributed by atoms with Gasteiger partial charge in [0.1, 0.15) is 0 Å². The first kappa shape index (κ1) is 37.9. The lowest BCUT2D eigenvalue weighted by Gasteiger charge is -2.45. The van der Waals surface area contributed by atoms with E-state index in [-0.39, 0.29) is 23.0 Å². The second kappa shape index (κ2) is 13.3. The second-order valence-electron chi connectivity index (χ2n) is 20.3. The minimum atomic E-state index is -0.00208. The fourth-order valence-electron chi connectivity index (χ4n) is 9.79. The number of fused-ring (bicyclic) bond motifs is 7. The highest BCUT2D eigenvalue weighted by molar-refractivity contribution is 7.20. The number of anilines is 6. The average Bonchev–Trinajstić information content (AvgIpc) is 3.58. The van der Waals surface area contributed by atoms with Gasteiger partial charge in [0.2, 0.25) is 0 Å². The van der Waals surface area contributed by atoms with E-state index in [2.05, 4.69) is 206 Å². The van der Waals surface area contributed by atoms with Crippen LogP contribution in [-0.2, 0) is 22.7 Å². The Labute approximate surface area is 356 Å². The maximum absolute atomic E-state index is 2.58. The number of hydrogen-bond acceptors (Lipinski definition) is 3. The Morgan fingerprint density at radius 2 is 1.12 bits per heavy atom. The molecule has 6 aromatic carbocycles. The Morgan fingerprint density at radius 3 is 1.78 bits per heavy atom. The van der Waals surface area contributed by atoms with Gasteiger partial charge in [0.15, 0.2) is 0 Å². The zero-order chi connectivity index (χ0) is 41.2. The zero-order valence-corrected chi connectivity index (χ0v) is 37.2. The van der Waals surface area contributed by atoms with E-state index in [9.17, 15) is 0 Å². The van der Waals surface area contributed by atoms with Gasteiger partial charge in [-0.15, -0.1) is 11.3 Å². The van der Waals surface area contributed by atoms with E-state index in [1.165, 1.54) is 104 Å². The molecule has 0 saturated heterocycles. The fraction of sp³-hybridized carbons (Fsp3) is 0.273. The molecule has 0 radical (unpaired) electrons. The quantitative estimate of drug-likeness (QED) is 0.165. The molecule has 10 rings (SSSR count). The van der Waals surface area contributed by atoms with E-state index in [1.807, 2.05) is 11.3 Å². The van der Waals surface area contributed by atoms with Gasteiger partial charge in [0.25, 0.3) is 6.71 Å². The summed E-state index contributed by atoms with van der Waals surface area (Å²) >= 11 is 1.95. The third-order valence-corrected chi connectivity index (χ3v) is 14.3. The Bertz CT molecular complexity index is 2840. The summed E-state index contributed by atoms with van der Waals surface area (Å²) in [7, 11) is 0. The van der Waals surface area contributed by atoms with Crippen molar-refractivity contribution in [1.82, 2.24) is 0 Å². The second-order valence-corrected chi connectivity index (χ2v) is 21.3. The van der Waals surface area contributed by atoms with Crippen LogP contribution in [0.25, 0.3) is 15.7 Å². The lowest BCUT2D eigenvalue weighted by atomic mass is 9.33. The van der Waals surface area contributed by atoms with Crippen molar-refractivity contribution in [3.8, 4) is 0 Å². The summed E-state index contributed by atoms with van der Waals surface area (Å²) < 4.78 is 1.38. The molecule has 2 nitrogen and oxygen atoms in total. The maximum atomic E-state index is 2.58. The number of rotatable bonds is 3. The highest BCUT2D eigenvalue weighted by atomic mass is 32.1. The largest absolute Gasteiger partial charge is 0.311 e. The monoisotopic (exact) mass is 786 g/mol. The van der Waals surface area contributed by atoms with Gasteiger partial charge in [-0.2, -0.15) is 0 Å². The van der Waals surface area contributed by atoms with Gasteiger partial charge in [0, 0.05) is 43.7 Å². The Morgan fingerprint density at radius 1 is 0.542 bits per heavy atom. The summed E-state index contributed by atoms with van der Waals surface area (Å²) in [4.78, 5) is 6.56. The van der Waals surface area contributed by atoms with Crippen LogP contribution in [0.15, 0.2) is 127 Å². The molecule has 0 fully saturated rings. The molecule has 3 aliphatic rings. The molecule has 3 heterocycles. The first-order valence-electron chi connectivity index (χ1n) is 21.5. The first-order chi connectivity index (χ1) is 28.1. The van der Waals surface area contributed by atoms with Crippen LogP contribution < -0.4 is 26.2 Å². The van der Waals surface area contributed by atoms with Crippen molar-refractivity contribution in [3.05, 3.63) is 166 Å². The summed E-state index contributed by atoms with van der Waals surface area (Å²) in [5, 5.41) is 1.42. The van der Waals surface area contributed by atoms with Crippen molar-refractivity contribution >= 4 is 84.2 Å². The van der Waals surface area contributed by atoms with Gasteiger partial charge in [-0.05, 0) is 151 Å². The van der Waals surface area contributed by atoms with Crippen LogP contribution in [0.5, 0.6) is 0 Å². The fourth-order valence-corrected chi connectivity index (χ4v) is 11.1. The van der Waals surface area contributed by atoms with Crippen LogP contribution in [0.4, 0.5) is 34.1 Å². The highest BCUT2D eigenvalue weighted by Gasteiger charge is 2.44. The predicted molar refractivity (Wildman–Crippen MR) is 259 cm³/mol. The number of benzene rings is 6. The number of allylic oxidation sites excluding steroid dienone is 1. The van der Waals surface area contributed by atoms with E-state index < -0.39 is 0 Å². The van der Waals surface area contributed by atoms with Crippen LogP contribution in [0.3, 0.4) is 0 Å². The van der Waals surface area contributed by atoms with Gasteiger partial charge in [-0.3, -0.25) is 0 Å². The van der Waals surface area contributed by atoms with Crippen molar-refractivity contribution in [2.45, 2.75) is 98.3 Å². The van der Waals surface area contributed by atoms with Crippen molar-refractivity contribution in [2.75, 3.05) is 9.80 Å². The third-order valence-electron chi connectivity index (χ3n) is 13.1. The molecule has 1 aliphatic carbocycles. The molecular weight excluding hydrogens is 731 g/mol. The molecule has 0 spiro atoms. The molecule has 2 aliphatic heterocycles. The van der Waals surface area contributed by atoms with Crippen molar-refractivity contribution in [1.29, 1.82) is 0 Å². The molecule has 4 heteroatoms. The molecule has 294 valence electrons. The van der Waals surface area contributed by atoms with Gasteiger partial charge >= 0.3 is 0 Å². The minimum absolute atomic E-state index is 0.00208. The number of hydrogen-bond donors (Lipinski definition) is 0. The molecule has 0 saturated carbocycles. The van der Waals surface area contributed by atoms with Crippen molar-refractivity contribution < 1.29 is 0 Å². The van der Waals surface area contributed by atoms with Crippen LogP contribution >= 0.6 is 11.3 Å². The van der Waals surface area contributed by atoms with Crippen molar-refractivity contribution in [2.24, 2.45) is 0 Å². The van der Waals surface area contributed by atoms with Crippen molar-refractivity contribution in [3.63, 3.8) is 0 Å². The van der Waals surface area contributed by atoms with E-state index in [1.54, 1.807) is 0 Å². The molecule has 0 bridgehead atoms. The van der Waals surface area contributed by atoms with Crippen LogP contribution in [0.2, 0.25) is 0 Å². The van der Waals surface area contributed by atoms with Crippen LogP contribution in [0, 0.1) is 6.92 Å². The lowest BCUT2D eigenvalue weighted by Crippen LogP contribution is -2.61. The van der Waals surface area contributed by atoms with Gasteiger partial charge < -0.3 is 9.80 Å². The zero-order valence-electron chi connectivity index (χ0n) is 36.4. The summed E-state index contributed by atoms with van der Waals surface area (Å²) in [6, 6.07) is 47.2. The van der Waals surface area contributed by atoms with Crippen LogP contribution in [-0.4, -0.2) is 6.71 Å². The highest BCUT2D eigenvalue weighted by Crippen LogP contribution is 2.47. The Balaban J connectivity index is 1.19. The van der Waals surface area contributed by atoms with Gasteiger partial charge in [0.05, 0.1) is 0 Å². The van der Waals surface area contributed by atoms with Gasteiger partial charge in [-0.1, -0.05) is 135 Å². The molecule has 59 heavy (non-hydrogen) atoms. The number of aryl methyl sites for hydroxylation is 2. The molecular formula is C55H55BN2S. The Kier molecular flexibility index (Phi) is 8.58. The number of nitrogens with zero attached hydrogens (tertiary/aromatic N) is 2.